The first kappa shape index (κ1) is 21.2. The quantitative estimate of drug-likeness (QED) is 0.264. The van der Waals surface area contributed by atoms with Crippen LogP contribution in [-0.2, 0) is 6.42 Å². The van der Waals surface area contributed by atoms with Gasteiger partial charge in [-0.05, 0) is 44.6 Å². The van der Waals surface area contributed by atoms with Crippen LogP contribution in [0.15, 0.2) is 27.8 Å². The van der Waals surface area contributed by atoms with Gasteiger partial charge in [0.1, 0.15) is 5.76 Å². The number of rotatable bonds is 10. The minimum absolute atomic E-state index is 0. The lowest BCUT2D eigenvalue weighted by Crippen LogP contribution is -2.38. The van der Waals surface area contributed by atoms with Crippen LogP contribution < -0.4 is 10.6 Å². The minimum atomic E-state index is 0. The highest BCUT2D eigenvalue weighted by Gasteiger charge is 2.00. The highest BCUT2D eigenvalue weighted by molar-refractivity contribution is 14.0. The summed E-state index contributed by atoms with van der Waals surface area (Å²) in [7, 11) is 1.80. The molecule has 1 aromatic heterocycles. The molecule has 0 amide bonds. The zero-order valence-corrected chi connectivity index (χ0v) is 16.4. The SMILES string of the molecule is CCN(CC)CCCCNC(=NC)NCCc1ccco1.I. The lowest BCUT2D eigenvalue weighted by Gasteiger charge is -2.18. The summed E-state index contributed by atoms with van der Waals surface area (Å²) < 4.78 is 5.30. The van der Waals surface area contributed by atoms with Gasteiger partial charge >= 0.3 is 0 Å². The summed E-state index contributed by atoms with van der Waals surface area (Å²) in [6, 6.07) is 3.91. The predicted molar refractivity (Wildman–Crippen MR) is 104 cm³/mol. The van der Waals surface area contributed by atoms with Gasteiger partial charge in [0.05, 0.1) is 6.26 Å². The maximum atomic E-state index is 5.30. The van der Waals surface area contributed by atoms with Crippen LogP contribution >= 0.6 is 24.0 Å². The maximum absolute atomic E-state index is 5.30. The van der Waals surface area contributed by atoms with Gasteiger partial charge in [-0.2, -0.15) is 0 Å². The zero-order valence-electron chi connectivity index (χ0n) is 14.1. The molecule has 22 heavy (non-hydrogen) atoms. The van der Waals surface area contributed by atoms with Gasteiger partial charge < -0.3 is 20.0 Å². The maximum Gasteiger partial charge on any atom is 0.190 e. The first-order valence-electron chi connectivity index (χ1n) is 7.99. The molecule has 0 unspecified atom stereocenters. The normalized spacial score (nSPS) is 11.4. The molecule has 0 saturated carbocycles. The van der Waals surface area contributed by atoms with Gasteiger partial charge in [-0.3, -0.25) is 4.99 Å². The third kappa shape index (κ3) is 9.30. The number of furan rings is 1. The van der Waals surface area contributed by atoms with Gasteiger partial charge in [-0.1, -0.05) is 13.8 Å². The van der Waals surface area contributed by atoms with Gasteiger partial charge in [0.25, 0.3) is 0 Å². The Balaban J connectivity index is 0.00000441. The molecule has 0 aliphatic carbocycles. The molecule has 5 nitrogen and oxygen atoms in total. The summed E-state index contributed by atoms with van der Waals surface area (Å²) in [5, 5.41) is 6.65. The number of halogens is 1. The molecule has 128 valence electrons. The van der Waals surface area contributed by atoms with Gasteiger partial charge in [0.15, 0.2) is 5.96 Å². The van der Waals surface area contributed by atoms with E-state index in [1.807, 2.05) is 12.1 Å². The number of nitrogens with zero attached hydrogens (tertiary/aromatic N) is 2. The van der Waals surface area contributed by atoms with Crippen molar-refractivity contribution in [3.8, 4) is 0 Å². The van der Waals surface area contributed by atoms with Crippen LogP contribution in [0.3, 0.4) is 0 Å². The monoisotopic (exact) mass is 422 g/mol. The first-order valence-corrected chi connectivity index (χ1v) is 7.99. The summed E-state index contributed by atoms with van der Waals surface area (Å²) in [4.78, 5) is 6.68. The van der Waals surface area contributed by atoms with E-state index >= 15 is 0 Å². The van der Waals surface area contributed by atoms with E-state index in [0.717, 1.165) is 50.7 Å². The highest BCUT2D eigenvalue weighted by Crippen LogP contribution is 1.99. The van der Waals surface area contributed by atoms with Gasteiger partial charge in [0.2, 0.25) is 0 Å². The molecule has 0 saturated heterocycles. The van der Waals surface area contributed by atoms with Crippen LogP contribution in [0.4, 0.5) is 0 Å². The van der Waals surface area contributed by atoms with Crippen LogP contribution in [0.2, 0.25) is 0 Å². The van der Waals surface area contributed by atoms with Crippen molar-refractivity contribution in [1.82, 2.24) is 15.5 Å². The molecule has 0 fully saturated rings. The number of guanidine groups is 1. The van der Waals surface area contributed by atoms with Crippen LogP contribution in [0.5, 0.6) is 0 Å². The second kappa shape index (κ2) is 13.9. The number of unbranched alkanes of at least 4 members (excludes halogenated alkanes) is 1. The molecule has 0 radical (unpaired) electrons. The standard InChI is InChI=1S/C16H30N4O.HI/c1-4-20(5-2)13-7-6-11-18-16(17-3)19-12-10-15-9-8-14-21-15;/h8-9,14H,4-7,10-13H2,1-3H3,(H2,17,18,19);1H. The Bertz CT molecular complexity index is 378. The first-order chi connectivity index (χ1) is 10.3. The van der Waals surface area contributed by atoms with Gasteiger partial charge in [0, 0.05) is 26.6 Å². The van der Waals surface area contributed by atoms with Crippen molar-refractivity contribution < 1.29 is 4.42 Å². The third-order valence-electron chi connectivity index (χ3n) is 3.56. The van der Waals surface area contributed by atoms with E-state index in [1.54, 1.807) is 13.3 Å². The Morgan fingerprint density at radius 1 is 1.18 bits per heavy atom. The van der Waals surface area contributed by atoms with Crippen molar-refractivity contribution >= 4 is 29.9 Å². The molecule has 1 aromatic rings. The summed E-state index contributed by atoms with van der Waals surface area (Å²) in [6.07, 6.45) is 4.96. The largest absolute Gasteiger partial charge is 0.469 e. The van der Waals surface area contributed by atoms with E-state index in [2.05, 4.69) is 34.4 Å². The molecule has 0 atom stereocenters. The molecule has 2 N–H and O–H groups in total. The van der Waals surface area contributed by atoms with E-state index in [0.29, 0.717) is 0 Å². The van der Waals surface area contributed by atoms with Crippen molar-refractivity contribution in [2.24, 2.45) is 4.99 Å². The number of aliphatic imine (C=N–C) groups is 1. The lowest BCUT2D eigenvalue weighted by atomic mass is 10.3. The Hall–Kier alpha value is -0.760. The average molecular weight is 422 g/mol. The van der Waals surface area contributed by atoms with Crippen LogP contribution in [0, 0.1) is 0 Å². The zero-order chi connectivity index (χ0) is 15.3. The summed E-state index contributed by atoms with van der Waals surface area (Å²) in [6.45, 7) is 9.67. The smallest absolute Gasteiger partial charge is 0.190 e. The molecular formula is C16H31IN4O. The van der Waals surface area contributed by atoms with E-state index in [9.17, 15) is 0 Å². The van der Waals surface area contributed by atoms with Crippen molar-refractivity contribution in [2.45, 2.75) is 33.1 Å². The molecule has 0 bridgehead atoms. The molecular weight excluding hydrogens is 391 g/mol. The average Bonchev–Trinajstić information content (AvgIpc) is 3.02. The predicted octanol–water partition coefficient (Wildman–Crippen LogP) is 2.73. The van der Waals surface area contributed by atoms with E-state index < -0.39 is 0 Å². The van der Waals surface area contributed by atoms with Crippen molar-refractivity contribution in [1.29, 1.82) is 0 Å². The van der Waals surface area contributed by atoms with Crippen LogP contribution in [-0.4, -0.2) is 50.6 Å². The molecule has 0 aromatic carbocycles. The van der Waals surface area contributed by atoms with E-state index in [-0.39, 0.29) is 24.0 Å². The molecule has 1 heterocycles. The fourth-order valence-corrected chi connectivity index (χ4v) is 2.19. The summed E-state index contributed by atoms with van der Waals surface area (Å²) in [5.74, 6) is 1.86. The fraction of sp³-hybridized carbons (Fsp3) is 0.688. The Labute approximate surface area is 152 Å². The fourth-order valence-electron chi connectivity index (χ4n) is 2.19. The van der Waals surface area contributed by atoms with E-state index in [4.69, 9.17) is 4.42 Å². The van der Waals surface area contributed by atoms with Crippen LogP contribution in [0.25, 0.3) is 0 Å². The van der Waals surface area contributed by atoms with Crippen molar-refractivity contribution in [3.05, 3.63) is 24.2 Å². The highest BCUT2D eigenvalue weighted by atomic mass is 127. The molecule has 0 spiro atoms. The molecule has 6 heteroatoms. The van der Waals surface area contributed by atoms with Crippen LogP contribution in [0.1, 0.15) is 32.4 Å². The van der Waals surface area contributed by atoms with Crippen molar-refractivity contribution in [2.75, 3.05) is 39.8 Å². The third-order valence-corrected chi connectivity index (χ3v) is 3.56. The summed E-state index contributed by atoms with van der Waals surface area (Å²) >= 11 is 0. The van der Waals surface area contributed by atoms with E-state index in [1.165, 1.54) is 13.0 Å². The Morgan fingerprint density at radius 3 is 2.50 bits per heavy atom. The molecule has 0 aliphatic rings. The van der Waals surface area contributed by atoms with Gasteiger partial charge in [-0.15, -0.1) is 24.0 Å². The second-order valence-corrected chi connectivity index (χ2v) is 4.99. The number of hydrogen-bond acceptors (Lipinski definition) is 3. The number of nitrogens with one attached hydrogen (secondary N) is 2. The minimum Gasteiger partial charge on any atom is -0.469 e. The Kier molecular flexibility index (Phi) is 13.4. The topological polar surface area (TPSA) is 52.8 Å². The lowest BCUT2D eigenvalue weighted by molar-refractivity contribution is 0.297. The molecule has 0 aliphatic heterocycles. The molecule has 1 rings (SSSR count). The number of hydrogen-bond donors (Lipinski definition) is 2. The Morgan fingerprint density at radius 2 is 1.91 bits per heavy atom. The van der Waals surface area contributed by atoms with Gasteiger partial charge in [-0.25, -0.2) is 0 Å². The summed E-state index contributed by atoms with van der Waals surface area (Å²) in [5.41, 5.74) is 0. The van der Waals surface area contributed by atoms with Crippen molar-refractivity contribution in [3.63, 3.8) is 0 Å². The second-order valence-electron chi connectivity index (χ2n) is 4.99.